The maximum atomic E-state index is 13.9. The lowest BCUT2D eigenvalue weighted by atomic mass is 10.0. The molecule has 0 bridgehead atoms. The summed E-state index contributed by atoms with van der Waals surface area (Å²) in [5.41, 5.74) is 4.54. The summed E-state index contributed by atoms with van der Waals surface area (Å²) in [5.74, 6) is 1.01. The van der Waals surface area contributed by atoms with Crippen LogP contribution in [0.4, 0.5) is 9.59 Å². The van der Waals surface area contributed by atoms with E-state index < -0.39 is 24.3 Å². The Morgan fingerprint density at radius 1 is 0.712 bits per heavy atom. The normalized spacial score (nSPS) is 17.6. The van der Waals surface area contributed by atoms with Crippen molar-refractivity contribution in [2.75, 3.05) is 27.3 Å². The Kier molecular flexibility index (Phi) is 11.5. The van der Waals surface area contributed by atoms with Crippen molar-refractivity contribution < 1.29 is 28.7 Å². The lowest BCUT2D eigenvalue weighted by molar-refractivity contribution is -0.135. The molecule has 306 valence electrons. The first-order chi connectivity index (χ1) is 28.6. The third-order valence-corrected chi connectivity index (χ3v) is 13.4. The molecule has 0 radical (unpaired) electrons. The van der Waals surface area contributed by atoms with E-state index in [1.165, 1.54) is 23.6 Å². The van der Waals surface area contributed by atoms with Crippen molar-refractivity contribution in [1.29, 1.82) is 0 Å². The summed E-state index contributed by atoms with van der Waals surface area (Å²) in [6.45, 7) is 4.97. The maximum absolute atomic E-state index is 13.9. The van der Waals surface area contributed by atoms with Gasteiger partial charge in [-0.3, -0.25) is 9.59 Å². The number of methoxy groups -OCH3 is 2. The molecule has 4 amide bonds. The van der Waals surface area contributed by atoms with Crippen molar-refractivity contribution >= 4 is 56.1 Å². The van der Waals surface area contributed by atoms with Gasteiger partial charge in [-0.15, -0.1) is 22.7 Å². The van der Waals surface area contributed by atoms with Crippen LogP contribution in [0.2, 0.25) is 0 Å². The number of hydrogen-bond donors (Lipinski definition) is 4. The second-order valence-electron chi connectivity index (χ2n) is 15.1. The molecule has 59 heavy (non-hydrogen) atoms. The molecule has 14 nitrogen and oxygen atoms in total. The molecule has 2 fully saturated rings. The van der Waals surface area contributed by atoms with Crippen LogP contribution in [0.3, 0.4) is 0 Å². The van der Waals surface area contributed by atoms with Gasteiger partial charge in [0.25, 0.3) is 5.91 Å². The number of alkyl carbamates (subject to hydrolysis) is 2. The van der Waals surface area contributed by atoms with Crippen LogP contribution in [0.5, 0.6) is 0 Å². The minimum atomic E-state index is -0.877. The highest BCUT2D eigenvalue weighted by Gasteiger charge is 2.39. The highest BCUT2D eigenvalue weighted by atomic mass is 32.1. The average Bonchev–Trinajstić information content (AvgIpc) is 4.10. The number of fused-ring (bicyclic) bond motifs is 1. The van der Waals surface area contributed by atoms with Crippen LogP contribution < -0.4 is 10.6 Å². The topological polar surface area (TPSA) is 175 Å². The summed E-state index contributed by atoms with van der Waals surface area (Å²) >= 11 is 3.43. The number of aromatic amines is 2. The van der Waals surface area contributed by atoms with Crippen LogP contribution in [-0.4, -0.2) is 87.1 Å². The summed E-state index contributed by atoms with van der Waals surface area (Å²) in [7, 11) is 2.58. The zero-order chi connectivity index (χ0) is 41.2. The van der Waals surface area contributed by atoms with E-state index in [0.29, 0.717) is 24.5 Å². The lowest BCUT2D eigenvalue weighted by Gasteiger charge is -2.30. The molecule has 1 unspecified atom stereocenters. The standard InChI is InChI=1S/C43H46N8O6S2/c1-24(2)36(48-42(54)56-3)40(52)50-18-8-13-31(50)39-45-23-29(47-39)33-21-35-34(59-33)20-32(58-35)26-16-14-25(15-17-26)28-22-44-38(46-28)30-12-9-19-51(30)41(53)37(49-43(55)57-4)27-10-6-5-7-11-27/h5-7,10-11,14-17,20-24,30-31,36-37H,8-9,12-13,18-19H2,1-4H3,(H,44,46)(H,45,47)(H,48,54)(H,49,55)/t30-,31-,36?,37+/m0/s1. The van der Waals surface area contributed by atoms with Crippen molar-refractivity contribution in [3.63, 3.8) is 0 Å². The number of amides is 4. The molecular weight excluding hydrogens is 789 g/mol. The molecule has 0 saturated carbocycles. The Morgan fingerprint density at radius 3 is 1.88 bits per heavy atom. The number of H-pyrrole nitrogens is 2. The smallest absolute Gasteiger partial charge is 0.407 e. The summed E-state index contributed by atoms with van der Waals surface area (Å²) in [6, 6.07) is 20.0. The number of benzene rings is 2. The van der Waals surface area contributed by atoms with Crippen molar-refractivity contribution in [2.24, 2.45) is 5.92 Å². The van der Waals surface area contributed by atoms with E-state index in [9.17, 15) is 19.2 Å². The fourth-order valence-electron chi connectivity index (χ4n) is 7.99. The molecule has 4 aromatic heterocycles. The van der Waals surface area contributed by atoms with Crippen LogP contribution in [0.25, 0.3) is 41.7 Å². The molecule has 0 spiro atoms. The summed E-state index contributed by atoms with van der Waals surface area (Å²) in [6.07, 6.45) is 5.58. The molecule has 2 aliphatic heterocycles. The van der Waals surface area contributed by atoms with E-state index in [-0.39, 0.29) is 29.8 Å². The number of likely N-dealkylation sites (tertiary alicyclic amines) is 2. The van der Waals surface area contributed by atoms with Gasteiger partial charge in [0.15, 0.2) is 0 Å². The van der Waals surface area contributed by atoms with Crippen LogP contribution >= 0.6 is 22.7 Å². The van der Waals surface area contributed by atoms with E-state index in [1.807, 2.05) is 61.5 Å². The van der Waals surface area contributed by atoms with Gasteiger partial charge in [0, 0.05) is 27.4 Å². The van der Waals surface area contributed by atoms with Gasteiger partial charge in [0.1, 0.15) is 23.7 Å². The van der Waals surface area contributed by atoms with Gasteiger partial charge in [-0.05, 0) is 60.4 Å². The Morgan fingerprint density at radius 2 is 1.25 bits per heavy atom. The minimum absolute atomic E-state index is 0.102. The first-order valence-corrected chi connectivity index (χ1v) is 21.3. The molecule has 6 aromatic rings. The molecule has 6 heterocycles. The Hall–Kier alpha value is -6.00. The molecule has 4 N–H and O–H groups in total. The van der Waals surface area contributed by atoms with E-state index in [4.69, 9.17) is 19.4 Å². The zero-order valence-corrected chi connectivity index (χ0v) is 34.8. The minimum Gasteiger partial charge on any atom is -0.453 e. The van der Waals surface area contributed by atoms with Gasteiger partial charge in [-0.1, -0.05) is 68.4 Å². The highest BCUT2D eigenvalue weighted by molar-refractivity contribution is 7.31. The molecule has 4 atom stereocenters. The highest BCUT2D eigenvalue weighted by Crippen LogP contribution is 2.42. The lowest BCUT2D eigenvalue weighted by Crippen LogP contribution is -2.51. The number of carbonyl (C=O) groups is 4. The second-order valence-corrected chi connectivity index (χ2v) is 17.3. The zero-order valence-electron chi connectivity index (χ0n) is 33.2. The first kappa shape index (κ1) is 39.8. The SMILES string of the molecule is COC(=O)NC(C(=O)N1CCC[C@H]1c1ncc(-c2cc3sc(-c4ccc(-c5cnc([C@@H]6CCCN6C(=O)[C@H](NC(=O)OC)c6ccccc6)[nH]5)cc4)cc3s2)[nH]1)C(C)C. The summed E-state index contributed by atoms with van der Waals surface area (Å²) in [5, 5.41) is 5.42. The van der Waals surface area contributed by atoms with Crippen molar-refractivity contribution in [2.45, 2.75) is 63.7 Å². The largest absolute Gasteiger partial charge is 0.453 e. The van der Waals surface area contributed by atoms with Crippen molar-refractivity contribution in [1.82, 2.24) is 40.4 Å². The van der Waals surface area contributed by atoms with E-state index in [0.717, 1.165) is 63.8 Å². The number of carbonyl (C=O) groups excluding carboxylic acids is 4. The third kappa shape index (κ3) is 8.19. The van der Waals surface area contributed by atoms with Crippen LogP contribution in [0.15, 0.2) is 79.1 Å². The fraction of sp³-hybridized carbons (Fsp3) is 0.349. The number of thiophene rings is 2. The summed E-state index contributed by atoms with van der Waals surface area (Å²) in [4.78, 5) is 73.9. The van der Waals surface area contributed by atoms with Gasteiger partial charge in [-0.25, -0.2) is 19.6 Å². The Bertz CT molecular complexity index is 2420. The number of aromatic nitrogens is 4. The number of rotatable bonds is 11. The maximum Gasteiger partial charge on any atom is 0.407 e. The predicted octanol–water partition coefficient (Wildman–Crippen LogP) is 8.21. The first-order valence-electron chi connectivity index (χ1n) is 19.7. The van der Waals surface area contributed by atoms with Gasteiger partial charge in [0.05, 0.1) is 55.0 Å². The van der Waals surface area contributed by atoms with Crippen molar-refractivity contribution in [3.8, 4) is 32.3 Å². The molecule has 0 aliphatic carbocycles. The number of hydrogen-bond acceptors (Lipinski definition) is 10. The third-order valence-electron chi connectivity index (χ3n) is 11.1. The van der Waals surface area contributed by atoms with Gasteiger partial charge in [-0.2, -0.15) is 0 Å². The van der Waals surface area contributed by atoms with E-state index in [2.05, 4.69) is 57.0 Å². The average molecular weight is 835 g/mol. The Balaban J connectivity index is 0.935. The Labute approximate surface area is 349 Å². The predicted molar refractivity (Wildman–Crippen MR) is 227 cm³/mol. The number of ether oxygens (including phenoxy) is 2. The molecule has 2 saturated heterocycles. The summed E-state index contributed by atoms with van der Waals surface area (Å²) < 4.78 is 12.0. The number of nitrogens with one attached hydrogen (secondary N) is 4. The van der Waals surface area contributed by atoms with Gasteiger partial charge < -0.3 is 39.9 Å². The molecular formula is C43H46N8O6S2. The van der Waals surface area contributed by atoms with Gasteiger partial charge >= 0.3 is 12.2 Å². The molecule has 8 rings (SSSR count). The van der Waals surface area contributed by atoms with Crippen LogP contribution in [0, 0.1) is 5.92 Å². The number of imidazole rings is 2. The van der Waals surface area contributed by atoms with E-state index >= 15 is 0 Å². The quantitative estimate of drug-likeness (QED) is 0.101. The van der Waals surface area contributed by atoms with Crippen LogP contribution in [0.1, 0.15) is 74.9 Å². The second kappa shape index (κ2) is 17.1. The van der Waals surface area contributed by atoms with E-state index in [1.54, 1.807) is 27.6 Å². The molecule has 16 heteroatoms. The number of nitrogens with zero attached hydrogens (tertiary/aromatic N) is 4. The van der Waals surface area contributed by atoms with Crippen molar-refractivity contribution in [3.05, 3.63) is 96.3 Å². The molecule has 2 aromatic carbocycles. The molecule has 2 aliphatic rings. The monoisotopic (exact) mass is 834 g/mol. The fourth-order valence-corrected chi connectivity index (χ4v) is 10.4. The van der Waals surface area contributed by atoms with Gasteiger partial charge in [0.2, 0.25) is 5.91 Å². The van der Waals surface area contributed by atoms with Crippen LogP contribution in [-0.2, 0) is 19.1 Å².